The van der Waals surface area contributed by atoms with Crippen molar-refractivity contribution >= 4 is 37.1 Å². The van der Waals surface area contributed by atoms with Gasteiger partial charge in [-0.15, -0.1) is 0 Å². The van der Waals surface area contributed by atoms with E-state index >= 15 is 0 Å². The third kappa shape index (κ3) is 8.45. The van der Waals surface area contributed by atoms with E-state index in [4.69, 9.17) is 0 Å². The molecule has 1 aliphatic carbocycles. The van der Waals surface area contributed by atoms with Gasteiger partial charge in [0.15, 0.2) is 0 Å². The number of halogens is 12. The lowest BCUT2D eigenvalue weighted by Crippen LogP contribution is -2.33. The predicted molar refractivity (Wildman–Crippen MR) is 169 cm³/mol. The van der Waals surface area contributed by atoms with Gasteiger partial charge in [0.2, 0.25) is 0 Å². The lowest BCUT2D eigenvalue weighted by molar-refractivity contribution is -0.138. The maximum atomic E-state index is 13.4. The molecule has 0 amide bonds. The molecule has 14 heteroatoms. The predicted octanol–water partition coefficient (Wildman–Crippen LogP) is 10.9. The zero-order valence-corrected chi connectivity index (χ0v) is 27.3. The summed E-state index contributed by atoms with van der Waals surface area (Å²) in [6.45, 7) is 1.87. The Morgan fingerprint density at radius 3 is 1.02 bits per heavy atom. The minimum absolute atomic E-state index is 0.216. The van der Waals surface area contributed by atoms with E-state index in [9.17, 15) is 52.7 Å². The molecule has 0 saturated heterocycles. The molecule has 1 fully saturated rings. The van der Waals surface area contributed by atoms with Crippen LogP contribution < -0.4 is 21.2 Å². The van der Waals surface area contributed by atoms with Gasteiger partial charge in [0.25, 0.3) is 0 Å². The average Bonchev–Trinajstić information content (AvgIpc) is 3.50. The van der Waals surface area contributed by atoms with E-state index in [-0.39, 0.29) is 17.2 Å². The van der Waals surface area contributed by atoms with Crippen molar-refractivity contribution in [3.05, 3.63) is 119 Å². The van der Waals surface area contributed by atoms with Crippen molar-refractivity contribution in [1.29, 1.82) is 0 Å². The van der Waals surface area contributed by atoms with Gasteiger partial charge in [-0.25, -0.2) is 0 Å². The molecule has 4 aromatic rings. The van der Waals surface area contributed by atoms with Gasteiger partial charge in [-0.3, -0.25) is 0 Å². The minimum Gasteiger partial charge on any atom is -0.166 e. The minimum atomic E-state index is -4.61. The number of benzene rings is 4. The number of hydrogen-bond donors (Lipinski definition) is 0. The van der Waals surface area contributed by atoms with Crippen LogP contribution in [-0.4, -0.2) is 11.3 Å². The Balaban J connectivity index is 1.59. The highest BCUT2D eigenvalue weighted by molar-refractivity contribution is 7.74. The Hall–Kier alpha value is -3.10. The SMILES string of the molecule is CC(C1CCCC1P(c1ccc(C(F)(F)F)cc1)c1ccc(C(F)(F)F)cc1)P(c1ccc(C(F)(F)F)cc1)c1ccc(C(F)(F)F)cc1. The summed E-state index contributed by atoms with van der Waals surface area (Å²) in [6.07, 6.45) is -16.6. The maximum absolute atomic E-state index is 13.4. The fourth-order valence-corrected chi connectivity index (χ4v) is 12.7. The number of alkyl halides is 12. The topological polar surface area (TPSA) is 0 Å². The summed E-state index contributed by atoms with van der Waals surface area (Å²) in [6, 6.07) is 18.0. The zero-order chi connectivity index (χ0) is 35.9. The Labute approximate surface area is 277 Å². The molecule has 1 aliphatic rings. The van der Waals surface area contributed by atoms with E-state index in [0.29, 0.717) is 40.5 Å². The average molecular weight is 739 g/mol. The molecule has 262 valence electrons. The second-order valence-electron chi connectivity index (χ2n) is 11.8. The van der Waals surface area contributed by atoms with E-state index in [1.807, 2.05) is 6.92 Å². The molecule has 1 saturated carbocycles. The van der Waals surface area contributed by atoms with Gasteiger partial charge in [-0.2, -0.15) is 52.7 Å². The molecule has 5 rings (SSSR count). The Kier molecular flexibility index (Phi) is 10.5. The van der Waals surface area contributed by atoms with Gasteiger partial charge in [-0.1, -0.05) is 61.9 Å². The van der Waals surface area contributed by atoms with Gasteiger partial charge in [0.1, 0.15) is 0 Å². The second kappa shape index (κ2) is 13.9. The van der Waals surface area contributed by atoms with Gasteiger partial charge in [0.05, 0.1) is 22.3 Å². The summed E-state index contributed by atoms with van der Waals surface area (Å²) >= 11 is 0. The van der Waals surface area contributed by atoms with E-state index < -0.39 is 62.8 Å². The first-order chi connectivity index (χ1) is 22.7. The molecule has 3 atom stereocenters. The standard InChI is InChI=1S/C35H28F12P2/c1-21(48(26-13-5-22(6-14-26)32(36,37)38)27-15-7-23(8-16-27)33(39,40)41)30-3-2-4-31(30)49(28-17-9-24(10-18-28)34(42,43)44)29-19-11-25(12-20-29)35(45,46)47/h5-21,30-31H,2-4H2,1H3. The van der Waals surface area contributed by atoms with Crippen molar-refractivity contribution in [1.82, 2.24) is 0 Å². The quantitative estimate of drug-likeness (QED) is 0.131. The molecule has 0 heterocycles. The zero-order valence-electron chi connectivity index (χ0n) is 25.5. The first-order valence-corrected chi connectivity index (χ1v) is 17.8. The fourth-order valence-electron chi connectivity index (χ4n) is 6.44. The van der Waals surface area contributed by atoms with Crippen molar-refractivity contribution in [3.8, 4) is 0 Å². The molecule has 3 unspecified atom stereocenters. The van der Waals surface area contributed by atoms with E-state index in [2.05, 4.69) is 0 Å². The number of hydrogen-bond acceptors (Lipinski definition) is 0. The first kappa shape index (κ1) is 37.2. The molecule has 49 heavy (non-hydrogen) atoms. The highest BCUT2D eigenvalue weighted by Gasteiger charge is 2.42. The van der Waals surface area contributed by atoms with Crippen molar-refractivity contribution < 1.29 is 52.7 Å². The lowest BCUT2D eigenvalue weighted by Gasteiger charge is -2.37. The summed E-state index contributed by atoms with van der Waals surface area (Å²) in [5.41, 5.74) is -4.15. The summed E-state index contributed by atoms with van der Waals surface area (Å²) in [5.74, 6) is -0.216. The smallest absolute Gasteiger partial charge is 0.166 e. The summed E-state index contributed by atoms with van der Waals surface area (Å²) in [5, 5.41) is 2.02. The highest BCUT2D eigenvalue weighted by Crippen LogP contribution is 2.57. The van der Waals surface area contributed by atoms with E-state index in [1.54, 1.807) is 0 Å². The van der Waals surface area contributed by atoms with Crippen molar-refractivity contribution in [3.63, 3.8) is 0 Å². The monoisotopic (exact) mass is 738 g/mol. The second-order valence-corrected chi connectivity index (χ2v) is 16.8. The molecule has 0 aliphatic heterocycles. The van der Waals surface area contributed by atoms with Crippen LogP contribution in [0.15, 0.2) is 97.1 Å². The van der Waals surface area contributed by atoms with Crippen LogP contribution in [0, 0.1) is 5.92 Å². The van der Waals surface area contributed by atoms with Crippen LogP contribution in [0.4, 0.5) is 52.7 Å². The van der Waals surface area contributed by atoms with Gasteiger partial charge < -0.3 is 0 Å². The first-order valence-electron chi connectivity index (χ1n) is 15.0. The normalized spacial score (nSPS) is 18.3. The van der Waals surface area contributed by atoms with Crippen LogP contribution in [0.5, 0.6) is 0 Å². The van der Waals surface area contributed by atoms with Crippen LogP contribution in [0.2, 0.25) is 0 Å². The van der Waals surface area contributed by atoms with Crippen molar-refractivity contribution in [2.75, 3.05) is 0 Å². The largest absolute Gasteiger partial charge is 0.416 e. The highest BCUT2D eigenvalue weighted by atomic mass is 31.1. The van der Waals surface area contributed by atoms with E-state index in [0.717, 1.165) is 48.5 Å². The molecule has 0 bridgehead atoms. The summed E-state index contributed by atoms with van der Waals surface area (Å²) < 4.78 is 161. The molecular formula is C35H28F12P2. The van der Waals surface area contributed by atoms with Crippen molar-refractivity contribution in [2.24, 2.45) is 5.92 Å². The Bertz CT molecular complexity index is 1570. The van der Waals surface area contributed by atoms with Gasteiger partial charge in [-0.05, 0) is 116 Å². The van der Waals surface area contributed by atoms with Crippen molar-refractivity contribution in [2.45, 2.75) is 62.2 Å². The van der Waals surface area contributed by atoms with Crippen LogP contribution in [0.1, 0.15) is 48.4 Å². The molecule has 0 aromatic heterocycles. The Morgan fingerprint density at radius 2 is 0.735 bits per heavy atom. The lowest BCUT2D eigenvalue weighted by atomic mass is 10.0. The van der Waals surface area contributed by atoms with Gasteiger partial charge in [0, 0.05) is 0 Å². The Morgan fingerprint density at radius 1 is 0.449 bits per heavy atom. The molecule has 0 radical (unpaired) electrons. The third-order valence-electron chi connectivity index (χ3n) is 8.78. The van der Waals surface area contributed by atoms with Crippen LogP contribution in [0.3, 0.4) is 0 Å². The third-order valence-corrected chi connectivity index (χ3v) is 14.7. The van der Waals surface area contributed by atoms with Crippen LogP contribution in [-0.2, 0) is 24.7 Å². The molecule has 4 aromatic carbocycles. The molecule has 0 N–H and O–H groups in total. The van der Waals surface area contributed by atoms with Crippen LogP contribution >= 0.6 is 15.8 Å². The molecular weight excluding hydrogens is 710 g/mol. The summed E-state index contributed by atoms with van der Waals surface area (Å²) in [7, 11) is -3.12. The molecule has 0 nitrogen and oxygen atoms in total. The summed E-state index contributed by atoms with van der Waals surface area (Å²) in [4.78, 5) is 0. The fraction of sp³-hybridized carbons (Fsp3) is 0.314. The van der Waals surface area contributed by atoms with Gasteiger partial charge >= 0.3 is 24.7 Å². The van der Waals surface area contributed by atoms with Crippen LogP contribution in [0.25, 0.3) is 0 Å². The molecule has 0 spiro atoms. The maximum Gasteiger partial charge on any atom is 0.416 e. The van der Waals surface area contributed by atoms with E-state index in [1.165, 1.54) is 48.5 Å². The number of rotatable bonds is 7.